The summed E-state index contributed by atoms with van der Waals surface area (Å²) in [6.07, 6.45) is 2.33. The lowest BCUT2D eigenvalue weighted by Gasteiger charge is -2.30. The summed E-state index contributed by atoms with van der Waals surface area (Å²) in [6, 6.07) is 0.457. The third-order valence-corrected chi connectivity index (χ3v) is 2.94. The van der Waals surface area contributed by atoms with Gasteiger partial charge in [-0.2, -0.15) is 0 Å². The van der Waals surface area contributed by atoms with Gasteiger partial charge in [-0.3, -0.25) is 4.31 Å². The maximum absolute atomic E-state index is 5.79. The molecule has 1 fully saturated rings. The van der Waals surface area contributed by atoms with Crippen LogP contribution in [0.2, 0.25) is 0 Å². The second-order valence-corrected chi connectivity index (χ2v) is 5.09. The smallest absolute Gasteiger partial charge is 0.0138 e. The zero-order chi connectivity index (χ0) is 8.27. The molecule has 11 heavy (non-hydrogen) atoms. The highest BCUT2D eigenvalue weighted by molar-refractivity contribution is 7.97. The van der Waals surface area contributed by atoms with Crippen molar-refractivity contribution in [1.82, 2.24) is 4.31 Å². The molecule has 1 saturated heterocycles. The summed E-state index contributed by atoms with van der Waals surface area (Å²) in [5.41, 5.74) is 5.79. The quantitative estimate of drug-likeness (QED) is 0.643. The van der Waals surface area contributed by atoms with E-state index in [-0.39, 0.29) is 0 Å². The van der Waals surface area contributed by atoms with Gasteiger partial charge in [0.15, 0.2) is 0 Å². The molecular formula is C8H18N2S. The van der Waals surface area contributed by atoms with E-state index in [1.54, 1.807) is 0 Å². The van der Waals surface area contributed by atoms with Crippen molar-refractivity contribution in [2.75, 3.05) is 13.1 Å². The van der Waals surface area contributed by atoms with Gasteiger partial charge in [0.1, 0.15) is 0 Å². The molecule has 3 heteroatoms. The number of hydrogen-bond acceptors (Lipinski definition) is 3. The number of piperidine rings is 1. The van der Waals surface area contributed by atoms with Gasteiger partial charge in [-0.15, -0.1) is 0 Å². The van der Waals surface area contributed by atoms with E-state index in [0.29, 0.717) is 11.3 Å². The van der Waals surface area contributed by atoms with Gasteiger partial charge in [-0.05, 0) is 12.8 Å². The molecule has 0 atom stereocenters. The maximum Gasteiger partial charge on any atom is 0.0138 e. The molecule has 0 amide bonds. The first kappa shape index (κ1) is 9.36. The second kappa shape index (κ2) is 4.33. The van der Waals surface area contributed by atoms with E-state index in [1.807, 2.05) is 11.9 Å². The minimum Gasteiger partial charge on any atom is -0.328 e. The molecule has 0 spiro atoms. The molecule has 0 bridgehead atoms. The Labute approximate surface area is 73.6 Å². The summed E-state index contributed by atoms with van der Waals surface area (Å²) in [4.78, 5) is 0. The summed E-state index contributed by atoms with van der Waals surface area (Å²) in [6.45, 7) is 6.81. The number of hydrogen-bond donors (Lipinski definition) is 1. The van der Waals surface area contributed by atoms with Crippen molar-refractivity contribution in [3.05, 3.63) is 0 Å². The standard InChI is InChI=1S/C8H18N2S/c1-7(2)11-10-5-3-8(9)4-6-10/h7-8H,3-6,9H2,1-2H3. The molecule has 0 aromatic heterocycles. The van der Waals surface area contributed by atoms with Crippen LogP contribution in [-0.4, -0.2) is 28.7 Å². The van der Waals surface area contributed by atoms with E-state index in [1.165, 1.54) is 25.9 Å². The van der Waals surface area contributed by atoms with Crippen molar-refractivity contribution in [2.45, 2.75) is 38.0 Å². The molecule has 2 N–H and O–H groups in total. The maximum atomic E-state index is 5.79. The first-order valence-electron chi connectivity index (χ1n) is 4.36. The van der Waals surface area contributed by atoms with Crippen LogP contribution in [0.15, 0.2) is 0 Å². The lowest BCUT2D eigenvalue weighted by molar-refractivity contribution is 0.345. The van der Waals surface area contributed by atoms with Crippen LogP contribution >= 0.6 is 11.9 Å². The van der Waals surface area contributed by atoms with Crippen LogP contribution in [0.3, 0.4) is 0 Å². The summed E-state index contributed by atoms with van der Waals surface area (Å²) in [5, 5.41) is 0.712. The van der Waals surface area contributed by atoms with Crippen molar-refractivity contribution in [3.63, 3.8) is 0 Å². The summed E-state index contributed by atoms with van der Waals surface area (Å²) < 4.78 is 2.44. The topological polar surface area (TPSA) is 29.3 Å². The van der Waals surface area contributed by atoms with Crippen molar-refractivity contribution < 1.29 is 0 Å². The Balaban J connectivity index is 2.17. The number of nitrogens with zero attached hydrogens (tertiary/aromatic N) is 1. The molecule has 0 aliphatic carbocycles. The summed E-state index contributed by atoms with van der Waals surface area (Å²) in [5.74, 6) is 0. The van der Waals surface area contributed by atoms with Gasteiger partial charge in [0, 0.05) is 24.4 Å². The van der Waals surface area contributed by atoms with Gasteiger partial charge in [0.2, 0.25) is 0 Å². The van der Waals surface area contributed by atoms with Crippen LogP contribution < -0.4 is 5.73 Å². The Morgan fingerprint density at radius 1 is 1.36 bits per heavy atom. The molecule has 2 nitrogen and oxygen atoms in total. The van der Waals surface area contributed by atoms with Crippen molar-refractivity contribution in [1.29, 1.82) is 0 Å². The fourth-order valence-electron chi connectivity index (χ4n) is 1.28. The minimum atomic E-state index is 0.457. The molecule has 66 valence electrons. The van der Waals surface area contributed by atoms with Crippen LogP contribution in [0.25, 0.3) is 0 Å². The van der Waals surface area contributed by atoms with Crippen molar-refractivity contribution in [3.8, 4) is 0 Å². The predicted molar refractivity (Wildman–Crippen MR) is 51.5 cm³/mol. The van der Waals surface area contributed by atoms with E-state index in [0.717, 1.165) is 0 Å². The zero-order valence-electron chi connectivity index (χ0n) is 7.42. The van der Waals surface area contributed by atoms with Gasteiger partial charge < -0.3 is 5.73 Å². The van der Waals surface area contributed by atoms with Gasteiger partial charge in [0.05, 0.1) is 0 Å². The summed E-state index contributed by atoms with van der Waals surface area (Å²) >= 11 is 1.96. The van der Waals surface area contributed by atoms with Gasteiger partial charge in [0.25, 0.3) is 0 Å². The van der Waals surface area contributed by atoms with E-state index in [4.69, 9.17) is 5.73 Å². The van der Waals surface area contributed by atoms with Crippen molar-refractivity contribution in [2.24, 2.45) is 5.73 Å². The first-order chi connectivity index (χ1) is 5.18. The molecule has 1 rings (SSSR count). The van der Waals surface area contributed by atoms with E-state index in [2.05, 4.69) is 18.2 Å². The first-order valence-corrected chi connectivity index (χ1v) is 5.19. The van der Waals surface area contributed by atoms with E-state index in [9.17, 15) is 0 Å². The fourth-order valence-corrected chi connectivity index (χ4v) is 2.30. The zero-order valence-corrected chi connectivity index (χ0v) is 8.23. The van der Waals surface area contributed by atoms with Crippen LogP contribution in [0.4, 0.5) is 0 Å². The van der Waals surface area contributed by atoms with Crippen LogP contribution in [-0.2, 0) is 0 Å². The lowest BCUT2D eigenvalue weighted by atomic mass is 10.1. The number of nitrogens with two attached hydrogens (primary N) is 1. The van der Waals surface area contributed by atoms with E-state index < -0.39 is 0 Å². The lowest BCUT2D eigenvalue weighted by Crippen LogP contribution is -2.36. The Bertz CT molecular complexity index is 109. The highest BCUT2D eigenvalue weighted by Crippen LogP contribution is 2.20. The Morgan fingerprint density at radius 3 is 2.36 bits per heavy atom. The van der Waals surface area contributed by atoms with E-state index >= 15 is 0 Å². The van der Waals surface area contributed by atoms with Gasteiger partial charge in [-0.25, -0.2) is 0 Å². The minimum absolute atomic E-state index is 0.457. The van der Waals surface area contributed by atoms with Crippen LogP contribution in [0.5, 0.6) is 0 Å². The van der Waals surface area contributed by atoms with Crippen LogP contribution in [0.1, 0.15) is 26.7 Å². The van der Waals surface area contributed by atoms with Crippen LogP contribution in [0, 0.1) is 0 Å². The highest BCUT2D eigenvalue weighted by atomic mass is 32.2. The fraction of sp³-hybridized carbons (Fsp3) is 1.00. The highest BCUT2D eigenvalue weighted by Gasteiger charge is 2.16. The molecule has 0 aromatic carbocycles. The Morgan fingerprint density at radius 2 is 1.91 bits per heavy atom. The third kappa shape index (κ3) is 3.45. The average molecular weight is 174 g/mol. The molecule has 1 aliphatic heterocycles. The molecule has 1 heterocycles. The molecule has 0 aromatic rings. The average Bonchev–Trinajstić information content (AvgIpc) is 1.93. The van der Waals surface area contributed by atoms with Crippen molar-refractivity contribution >= 4 is 11.9 Å². The SMILES string of the molecule is CC(C)SN1CCC(N)CC1. The number of rotatable bonds is 2. The molecule has 1 aliphatic rings. The largest absolute Gasteiger partial charge is 0.328 e. The second-order valence-electron chi connectivity index (χ2n) is 3.42. The Hall–Kier alpha value is 0.270. The Kier molecular flexibility index (Phi) is 3.69. The normalized spacial score (nSPS) is 22.9. The summed E-state index contributed by atoms with van der Waals surface area (Å²) in [7, 11) is 0. The third-order valence-electron chi connectivity index (χ3n) is 1.86. The van der Waals surface area contributed by atoms with Gasteiger partial charge in [-0.1, -0.05) is 25.8 Å². The molecule has 0 saturated carbocycles. The molecule has 0 radical (unpaired) electrons. The van der Waals surface area contributed by atoms with Gasteiger partial charge >= 0.3 is 0 Å². The molecular weight excluding hydrogens is 156 g/mol. The predicted octanol–water partition coefficient (Wildman–Crippen LogP) is 1.47. The molecule has 0 unspecified atom stereocenters. The monoisotopic (exact) mass is 174 g/mol.